The number of hydrogen-bond acceptors (Lipinski definition) is 1. The van der Waals surface area contributed by atoms with Gasteiger partial charge in [-0.05, 0) is 38.0 Å². The van der Waals surface area contributed by atoms with Gasteiger partial charge in [-0.1, -0.05) is 25.7 Å². The predicted octanol–water partition coefficient (Wildman–Crippen LogP) is 2.97. The molecule has 0 aromatic heterocycles. The van der Waals surface area contributed by atoms with E-state index in [0.29, 0.717) is 17.9 Å². The largest absolute Gasteiger partial charge is 0.339 e. The van der Waals surface area contributed by atoms with Crippen molar-refractivity contribution in [3.05, 3.63) is 0 Å². The first-order valence-corrected chi connectivity index (χ1v) is 7.15. The summed E-state index contributed by atoms with van der Waals surface area (Å²) in [6, 6.07) is 0.626. The second-order valence-electron chi connectivity index (χ2n) is 6.01. The summed E-state index contributed by atoms with van der Waals surface area (Å²) in [6.07, 6.45) is 11.5. The minimum Gasteiger partial charge on any atom is -0.339 e. The molecule has 2 aliphatic carbocycles. The second-order valence-corrected chi connectivity index (χ2v) is 6.01. The maximum absolute atomic E-state index is 12.5. The van der Waals surface area contributed by atoms with Crippen LogP contribution in [0.5, 0.6) is 0 Å². The molecule has 2 atom stereocenters. The van der Waals surface area contributed by atoms with Crippen LogP contribution in [0.4, 0.5) is 0 Å². The summed E-state index contributed by atoms with van der Waals surface area (Å²) in [4.78, 5) is 14.7. The molecule has 1 heterocycles. The lowest BCUT2D eigenvalue weighted by Gasteiger charge is -2.30. The van der Waals surface area contributed by atoms with Crippen molar-refractivity contribution in [1.82, 2.24) is 4.90 Å². The first-order valence-electron chi connectivity index (χ1n) is 7.15. The first-order chi connectivity index (χ1) is 7.84. The normalized spacial score (nSPS) is 35.4. The van der Waals surface area contributed by atoms with Crippen molar-refractivity contribution < 1.29 is 4.79 Å². The quantitative estimate of drug-likeness (QED) is 0.623. The molecule has 2 bridgehead atoms. The van der Waals surface area contributed by atoms with Crippen LogP contribution >= 0.6 is 0 Å². The smallest absolute Gasteiger partial charge is 0.225 e. The number of piperidine rings is 1. The third-order valence-electron chi connectivity index (χ3n) is 4.90. The van der Waals surface area contributed by atoms with E-state index in [9.17, 15) is 4.79 Å². The second kappa shape index (κ2) is 4.38. The molecule has 3 aliphatic rings. The number of amides is 1. The van der Waals surface area contributed by atoms with Crippen LogP contribution in [-0.2, 0) is 4.79 Å². The molecule has 1 saturated heterocycles. The highest BCUT2D eigenvalue weighted by Gasteiger charge is 2.41. The number of likely N-dealkylation sites (tertiary alicyclic amines) is 1. The average molecular weight is 221 g/mol. The molecule has 0 aromatic carbocycles. The standard InChI is InChI=1S/C14H23NO/c16-14(12-5-3-1-2-4-6-12)15-10-11-7-8-13(15)9-11/h11-13H,1-10H2. The summed E-state index contributed by atoms with van der Waals surface area (Å²) in [5.74, 6) is 1.73. The zero-order valence-electron chi connectivity index (χ0n) is 10.2. The summed E-state index contributed by atoms with van der Waals surface area (Å²) in [6.45, 7) is 1.08. The maximum atomic E-state index is 12.5. The van der Waals surface area contributed by atoms with E-state index >= 15 is 0 Å². The molecule has 1 aliphatic heterocycles. The Bertz CT molecular complexity index is 268. The molecular formula is C14H23NO. The molecule has 16 heavy (non-hydrogen) atoms. The number of fused-ring (bicyclic) bond motifs is 2. The van der Waals surface area contributed by atoms with Gasteiger partial charge in [0.25, 0.3) is 0 Å². The molecular weight excluding hydrogens is 198 g/mol. The molecule has 90 valence electrons. The molecule has 0 aromatic rings. The fourth-order valence-electron chi connectivity index (χ4n) is 3.96. The van der Waals surface area contributed by atoms with Crippen LogP contribution in [-0.4, -0.2) is 23.4 Å². The predicted molar refractivity (Wildman–Crippen MR) is 64.0 cm³/mol. The number of carbonyl (C=O) groups excluding carboxylic acids is 1. The van der Waals surface area contributed by atoms with E-state index in [4.69, 9.17) is 0 Å². The van der Waals surface area contributed by atoms with Crippen molar-refractivity contribution in [3.8, 4) is 0 Å². The Hall–Kier alpha value is -0.530. The molecule has 2 heteroatoms. The fraction of sp³-hybridized carbons (Fsp3) is 0.929. The molecule has 2 saturated carbocycles. The summed E-state index contributed by atoms with van der Waals surface area (Å²) in [5.41, 5.74) is 0. The van der Waals surface area contributed by atoms with E-state index in [0.717, 1.165) is 25.3 Å². The van der Waals surface area contributed by atoms with E-state index in [-0.39, 0.29) is 0 Å². The van der Waals surface area contributed by atoms with E-state index < -0.39 is 0 Å². The lowest BCUT2D eigenvalue weighted by atomic mass is 9.97. The van der Waals surface area contributed by atoms with Gasteiger partial charge in [0.1, 0.15) is 0 Å². The number of carbonyl (C=O) groups is 1. The van der Waals surface area contributed by atoms with Crippen LogP contribution in [0.25, 0.3) is 0 Å². The van der Waals surface area contributed by atoms with Crippen LogP contribution in [0.2, 0.25) is 0 Å². The third-order valence-corrected chi connectivity index (χ3v) is 4.90. The van der Waals surface area contributed by atoms with Gasteiger partial charge < -0.3 is 4.90 Å². The van der Waals surface area contributed by atoms with Gasteiger partial charge in [-0.2, -0.15) is 0 Å². The zero-order chi connectivity index (χ0) is 11.0. The van der Waals surface area contributed by atoms with Crippen molar-refractivity contribution >= 4 is 5.91 Å². The SMILES string of the molecule is O=C(C1CCCCCC1)N1CC2CCC1C2. The van der Waals surface area contributed by atoms with Crippen LogP contribution in [0, 0.1) is 11.8 Å². The van der Waals surface area contributed by atoms with E-state index in [1.807, 2.05) is 0 Å². The van der Waals surface area contributed by atoms with Gasteiger partial charge in [-0.25, -0.2) is 0 Å². The number of hydrogen-bond donors (Lipinski definition) is 0. The molecule has 0 spiro atoms. The first kappa shape index (κ1) is 10.6. The van der Waals surface area contributed by atoms with Gasteiger partial charge in [0.05, 0.1) is 0 Å². The highest BCUT2D eigenvalue weighted by molar-refractivity contribution is 5.79. The van der Waals surface area contributed by atoms with Crippen molar-refractivity contribution in [3.63, 3.8) is 0 Å². The summed E-state index contributed by atoms with van der Waals surface area (Å²) >= 11 is 0. The number of nitrogens with zero attached hydrogens (tertiary/aromatic N) is 1. The molecule has 3 rings (SSSR count). The van der Waals surface area contributed by atoms with Crippen molar-refractivity contribution in [2.45, 2.75) is 63.8 Å². The summed E-state index contributed by atoms with van der Waals surface area (Å²) in [5, 5.41) is 0. The average Bonchev–Trinajstić information content (AvgIpc) is 2.82. The number of rotatable bonds is 1. The minimum absolute atomic E-state index is 0.377. The zero-order valence-corrected chi connectivity index (χ0v) is 10.2. The highest BCUT2D eigenvalue weighted by Crippen LogP contribution is 2.39. The van der Waals surface area contributed by atoms with E-state index in [2.05, 4.69) is 4.90 Å². The minimum atomic E-state index is 0.377. The van der Waals surface area contributed by atoms with Crippen molar-refractivity contribution in [2.75, 3.05) is 6.54 Å². The lowest BCUT2D eigenvalue weighted by molar-refractivity contribution is -0.137. The Morgan fingerprint density at radius 3 is 2.25 bits per heavy atom. The molecule has 2 nitrogen and oxygen atoms in total. The Morgan fingerprint density at radius 1 is 0.938 bits per heavy atom. The molecule has 0 radical (unpaired) electrons. The Morgan fingerprint density at radius 2 is 1.69 bits per heavy atom. The van der Waals surface area contributed by atoms with E-state index in [1.165, 1.54) is 44.9 Å². The van der Waals surface area contributed by atoms with Gasteiger partial charge in [0, 0.05) is 18.5 Å². The lowest BCUT2D eigenvalue weighted by Crippen LogP contribution is -2.41. The Kier molecular flexibility index (Phi) is 2.91. The Labute approximate surface area is 98.4 Å². The Balaban J connectivity index is 1.63. The van der Waals surface area contributed by atoms with Gasteiger partial charge in [-0.3, -0.25) is 4.79 Å². The molecule has 1 amide bonds. The van der Waals surface area contributed by atoms with Gasteiger partial charge >= 0.3 is 0 Å². The van der Waals surface area contributed by atoms with Crippen LogP contribution in [0.3, 0.4) is 0 Å². The van der Waals surface area contributed by atoms with Crippen LogP contribution in [0.15, 0.2) is 0 Å². The fourth-order valence-corrected chi connectivity index (χ4v) is 3.96. The summed E-state index contributed by atoms with van der Waals surface area (Å²) in [7, 11) is 0. The van der Waals surface area contributed by atoms with E-state index in [1.54, 1.807) is 0 Å². The maximum Gasteiger partial charge on any atom is 0.225 e. The van der Waals surface area contributed by atoms with Crippen molar-refractivity contribution in [2.24, 2.45) is 11.8 Å². The van der Waals surface area contributed by atoms with Gasteiger partial charge in [-0.15, -0.1) is 0 Å². The van der Waals surface area contributed by atoms with Crippen LogP contribution < -0.4 is 0 Å². The third kappa shape index (κ3) is 1.87. The molecule has 2 unspecified atom stereocenters. The molecule has 0 N–H and O–H groups in total. The van der Waals surface area contributed by atoms with Gasteiger partial charge in [0.15, 0.2) is 0 Å². The topological polar surface area (TPSA) is 20.3 Å². The monoisotopic (exact) mass is 221 g/mol. The highest BCUT2D eigenvalue weighted by atomic mass is 16.2. The summed E-state index contributed by atoms with van der Waals surface area (Å²) < 4.78 is 0. The van der Waals surface area contributed by atoms with Crippen molar-refractivity contribution in [1.29, 1.82) is 0 Å². The van der Waals surface area contributed by atoms with Gasteiger partial charge in [0.2, 0.25) is 5.91 Å². The van der Waals surface area contributed by atoms with Crippen LogP contribution in [0.1, 0.15) is 57.8 Å². The molecule has 3 fully saturated rings.